The normalized spacial score (nSPS) is 10.9. The van der Waals surface area contributed by atoms with Gasteiger partial charge in [-0.1, -0.05) is 60.2 Å². The van der Waals surface area contributed by atoms with E-state index in [0.29, 0.717) is 18.0 Å². The first-order valence-corrected chi connectivity index (χ1v) is 9.90. The molecule has 6 nitrogen and oxygen atoms in total. The van der Waals surface area contributed by atoms with Crippen LogP contribution in [0, 0.1) is 6.92 Å². The number of H-pyrrole nitrogens is 1. The van der Waals surface area contributed by atoms with Crippen molar-refractivity contribution in [2.24, 2.45) is 5.10 Å². The number of nitrogens with one attached hydrogen (secondary N) is 2. The number of aromatic nitrogens is 2. The van der Waals surface area contributed by atoms with Gasteiger partial charge in [0.2, 0.25) is 0 Å². The number of ether oxygens (including phenoxy) is 1. The second kappa shape index (κ2) is 9.54. The number of hydrogen-bond donors (Lipinski definition) is 2. The lowest BCUT2D eigenvalue weighted by atomic mass is 10.1. The van der Waals surface area contributed by atoms with Crippen LogP contribution in [0.2, 0.25) is 0 Å². The van der Waals surface area contributed by atoms with Gasteiger partial charge >= 0.3 is 0 Å². The molecule has 6 heteroatoms. The van der Waals surface area contributed by atoms with Gasteiger partial charge in [0.15, 0.2) is 0 Å². The molecule has 1 aromatic heterocycles. The molecule has 0 atom stereocenters. The number of aromatic amines is 1. The Morgan fingerprint density at radius 1 is 1.03 bits per heavy atom. The van der Waals surface area contributed by atoms with Crippen molar-refractivity contribution in [2.75, 3.05) is 0 Å². The van der Waals surface area contributed by atoms with Crippen LogP contribution in [0.5, 0.6) is 5.75 Å². The molecular weight excluding hydrogens is 388 g/mol. The van der Waals surface area contributed by atoms with E-state index >= 15 is 0 Å². The van der Waals surface area contributed by atoms with Crippen molar-refractivity contribution in [1.82, 2.24) is 15.6 Å². The van der Waals surface area contributed by atoms with Gasteiger partial charge < -0.3 is 4.74 Å². The highest BCUT2D eigenvalue weighted by molar-refractivity contribution is 5.94. The zero-order chi connectivity index (χ0) is 21.5. The second-order valence-electron chi connectivity index (χ2n) is 7.08. The zero-order valence-electron chi connectivity index (χ0n) is 17.1. The molecule has 4 aromatic rings. The van der Waals surface area contributed by atoms with Crippen LogP contribution < -0.4 is 10.2 Å². The molecule has 0 aliphatic rings. The zero-order valence-corrected chi connectivity index (χ0v) is 17.1. The molecule has 154 valence electrons. The summed E-state index contributed by atoms with van der Waals surface area (Å²) in [6, 6.07) is 27.1. The third-order valence-corrected chi connectivity index (χ3v) is 4.68. The smallest absolute Gasteiger partial charge is 0.289 e. The van der Waals surface area contributed by atoms with Crippen molar-refractivity contribution in [3.8, 4) is 17.0 Å². The van der Waals surface area contributed by atoms with Gasteiger partial charge in [0.05, 0.1) is 11.9 Å². The molecule has 0 saturated carbocycles. The van der Waals surface area contributed by atoms with Crippen LogP contribution in [0.1, 0.15) is 27.2 Å². The second-order valence-corrected chi connectivity index (χ2v) is 7.08. The highest BCUT2D eigenvalue weighted by Gasteiger charge is 2.10. The number of hydrogen-bond acceptors (Lipinski definition) is 4. The summed E-state index contributed by atoms with van der Waals surface area (Å²) >= 11 is 0. The average molecular weight is 410 g/mol. The predicted molar refractivity (Wildman–Crippen MR) is 121 cm³/mol. The molecular formula is C25H22N4O2. The molecule has 4 rings (SSSR count). The van der Waals surface area contributed by atoms with Crippen LogP contribution in [0.25, 0.3) is 11.3 Å². The fourth-order valence-electron chi connectivity index (χ4n) is 2.93. The largest absolute Gasteiger partial charge is 0.489 e. The number of hydrazone groups is 1. The maximum atomic E-state index is 12.3. The standard InChI is InChI=1S/C25H22N4O2/c1-18-7-9-19(10-8-18)16-26-29-25(30)24-15-23(27-28-24)21-11-13-22(14-12-21)31-17-20-5-3-2-4-6-20/h2-16H,17H2,1H3,(H,27,28)(H,29,30)/b26-16-. The monoisotopic (exact) mass is 410 g/mol. The van der Waals surface area contributed by atoms with Crippen LogP contribution >= 0.6 is 0 Å². The first-order valence-electron chi connectivity index (χ1n) is 9.90. The molecule has 0 bridgehead atoms. The van der Waals surface area contributed by atoms with Gasteiger partial charge in [-0.05, 0) is 48.4 Å². The molecule has 2 N–H and O–H groups in total. The molecule has 0 saturated heterocycles. The Hall–Kier alpha value is -4.19. The fourth-order valence-corrected chi connectivity index (χ4v) is 2.93. The first-order chi connectivity index (χ1) is 15.2. The fraction of sp³-hybridized carbons (Fsp3) is 0.0800. The van der Waals surface area contributed by atoms with Crippen LogP contribution in [0.15, 0.2) is 90.0 Å². The Morgan fingerprint density at radius 3 is 2.52 bits per heavy atom. The molecule has 0 fully saturated rings. The maximum Gasteiger partial charge on any atom is 0.289 e. The molecule has 0 aliphatic heterocycles. The number of carbonyl (C=O) groups excluding carboxylic acids is 1. The van der Waals surface area contributed by atoms with E-state index in [9.17, 15) is 4.79 Å². The summed E-state index contributed by atoms with van der Waals surface area (Å²) in [5, 5.41) is 11.0. The maximum absolute atomic E-state index is 12.3. The van der Waals surface area contributed by atoms with Gasteiger partial charge in [-0.3, -0.25) is 9.89 Å². The minimum absolute atomic E-state index is 0.334. The summed E-state index contributed by atoms with van der Waals surface area (Å²) in [5.41, 5.74) is 7.58. The van der Waals surface area contributed by atoms with E-state index in [-0.39, 0.29) is 5.91 Å². The lowest BCUT2D eigenvalue weighted by Crippen LogP contribution is -2.17. The summed E-state index contributed by atoms with van der Waals surface area (Å²) in [7, 11) is 0. The highest BCUT2D eigenvalue weighted by atomic mass is 16.5. The third kappa shape index (κ3) is 5.45. The molecule has 3 aromatic carbocycles. The predicted octanol–water partition coefficient (Wildman–Crippen LogP) is 4.73. The molecule has 0 spiro atoms. The van der Waals surface area contributed by atoms with Gasteiger partial charge in [0.1, 0.15) is 18.1 Å². The molecule has 0 aliphatic carbocycles. The van der Waals surface area contributed by atoms with Crippen molar-refractivity contribution in [3.63, 3.8) is 0 Å². The minimum atomic E-state index is -0.357. The summed E-state index contributed by atoms with van der Waals surface area (Å²) in [6.07, 6.45) is 1.60. The average Bonchev–Trinajstić information content (AvgIpc) is 3.30. The van der Waals surface area contributed by atoms with Gasteiger partial charge in [0.25, 0.3) is 5.91 Å². The van der Waals surface area contributed by atoms with E-state index in [0.717, 1.165) is 22.4 Å². The van der Waals surface area contributed by atoms with Crippen molar-refractivity contribution in [2.45, 2.75) is 13.5 Å². The molecule has 0 unspecified atom stereocenters. The van der Waals surface area contributed by atoms with E-state index in [2.05, 4.69) is 20.7 Å². The lowest BCUT2D eigenvalue weighted by molar-refractivity contribution is 0.0950. The number of benzene rings is 3. The van der Waals surface area contributed by atoms with Crippen LogP contribution in [-0.2, 0) is 6.61 Å². The van der Waals surface area contributed by atoms with Gasteiger partial charge in [-0.15, -0.1) is 0 Å². The minimum Gasteiger partial charge on any atom is -0.489 e. The van der Waals surface area contributed by atoms with E-state index in [1.807, 2.05) is 85.8 Å². The summed E-state index contributed by atoms with van der Waals surface area (Å²) in [6.45, 7) is 2.53. The SMILES string of the molecule is Cc1ccc(/C=N\NC(=O)c2cc(-c3ccc(OCc4ccccc4)cc3)n[nH]2)cc1. The Labute approximate surface area is 180 Å². The molecule has 1 heterocycles. The number of nitrogens with zero attached hydrogens (tertiary/aromatic N) is 2. The van der Waals surface area contributed by atoms with Gasteiger partial charge in [0, 0.05) is 5.56 Å². The van der Waals surface area contributed by atoms with E-state index < -0.39 is 0 Å². The molecule has 0 radical (unpaired) electrons. The third-order valence-electron chi connectivity index (χ3n) is 4.68. The topological polar surface area (TPSA) is 79.4 Å². The Kier molecular flexibility index (Phi) is 6.18. The number of carbonyl (C=O) groups is 1. The van der Waals surface area contributed by atoms with Crippen LogP contribution in [0.4, 0.5) is 0 Å². The van der Waals surface area contributed by atoms with E-state index in [4.69, 9.17) is 4.74 Å². The summed E-state index contributed by atoms with van der Waals surface area (Å²) in [4.78, 5) is 12.3. The highest BCUT2D eigenvalue weighted by Crippen LogP contribution is 2.22. The van der Waals surface area contributed by atoms with Crippen molar-refractivity contribution in [3.05, 3.63) is 107 Å². The summed E-state index contributed by atoms with van der Waals surface area (Å²) < 4.78 is 5.81. The lowest BCUT2D eigenvalue weighted by Gasteiger charge is -2.06. The molecule has 1 amide bonds. The van der Waals surface area contributed by atoms with Gasteiger partial charge in [-0.25, -0.2) is 5.43 Å². The van der Waals surface area contributed by atoms with Crippen molar-refractivity contribution in [1.29, 1.82) is 0 Å². The Morgan fingerprint density at radius 2 is 1.77 bits per heavy atom. The molecule has 31 heavy (non-hydrogen) atoms. The number of amides is 1. The van der Waals surface area contributed by atoms with Gasteiger partial charge in [-0.2, -0.15) is 10.2 Å². The number of aryl methyl sites for hydroxylation is 1. The van der Waals surface area contributed by atoms with Crippen LogP contribution in [-0.4, -0.2) is 22.3 Å². The van der Waals surface area contributed by atoms with E-state index in [1.165, 1.54) is 5.56 Å². The summed E-state index contributed by atoms with van der Waals surface area (Å²) in [5.74, 6) is 0.413. The Bertz CT molecular complexity index is 1160. The first kappa shape index (κ1) is 20.1. The number of rotatable bonds is 7. The van der Waals surface area contributed by atoms with Crippen molar-refractivity contribution >= 4 is 12.1 Å². The van der Waals surface area contributed by atoms with Crippen molar-refractivity contribution < 1.29 is 9.53 Å². The Balaban J connectivity index is 1.34. The van der Waals surface area contributed by atoms with Crippen LogP contribution in [0.3, 0.4) is 0 Å². The quantitative estimate of drug-likeness (QED) is 0.342. The van der Waals surface area contributed by atoms with E-state index in [1.54, 1.807) is 12.3 Å².